The quantitative estimate of drug-likeness (QED) is 0.744. The number of hydrogen-bond acceptors (Lipinski definition) is 1. The summed E-state index contributed by atoms with van der Waals surface area (Å²) < 4.78 is 13.2. The van der Waals surface area contributed by atoms with Crippen LogP contribution >= 0.6 is 15.9 Å². The first-order valence-electron chi connectivity index (χ1n) is 6.34. The molecule has 0 spiro atoms. The molecule has 1 nitrogen and oxygen atoms in total. The number of nitrogens with zero attached hydrogens (tertiary/aromatic N) is 1. The predicted octanol–water partition coefficient (Wildman–Crippen LogP) is 3.97. The number of hydrogen-bond donors (Lipinski definition) is 0. The van der Waals surface area contributed by atoms with Gasteiger partial charge in [-0.15, -0.1) is 0 Å². The SMILES string of the molecule is Fc1cccc(CN(CCBr)C2CCCC2)c1. The van der Waals surface area contributed by atoms with Crippen molar-refractivity contribution in [1.29, 1.82) is 0 Å². The lowest BCUT2D eigenvalue weighted by molar-refractivity contribution is 0.202. The molecule has 1 aliphatic rings. The first kappa shape index (κ1) is 13.0. The zero-order valence-electron chi connectivity index (χ0n) is 10.0. The Hall–Kier alpha value is -0.410. The van der Waals surface area contributed by atoms with Crippen LogP contribution in [0.2, 0.25) is 0 Å². The summed E-state index contributed by atoms with van der Waals surface area (Å²) in [6.45, 7) is 1.91. The second-order valence-electron chi connectivity index (χ2n) is 4.73. The van der Waals surface area contributed by atoms with Crippen LogP contribution < -0.4 is 0 Å². The van der Waals surface area contributed by atoms with Crippen molar-refractivity contribution in [2.24, 2.45) is 0 Å². The van der Waals surface area contributed by atoms with Crippen LogP contribution in [0.4, 0.5) is 4.39 Å². The summed E-state index contributed by atoms with van der Waals surface area (Å²) in [5.41, 5.74) is 1.08. The molecule has 0 bridgehead atoms. The highest BCUT2D eigenvalue weighted by Gasteiger charge is 2.22. The van der Waals surface area contributed by atoms with Crippen molar-refractivity contribution in [3.63, 3.8) is 0 Å². The molecule has 1 aliphatic carbocycles. The van der Waals surface area contributed by atoms with Gasteiger partial charge in [0.25, 0.3) is 0 Å². The lowest BCUT2D eigenvalue weighted by Crippen LogP contribution is -2.34. The molecule has 1 fully saturated rings. The molecule has 0 N–H and O–H groups in total. The van der Waals surface area contributed by atoms with Crippen LogP contribution in [0.3, 0.4) is 0 Å². The number of halogens is 2. The minimum absolute atomic E-state index is 0.132. The van der Waals surface area contributed by atoms with E-state index in [1.165, 1.54) is 31.7 Å². The van der Waals surface area contributed by atoms with Crippen molar-refractivity contribution in [2.75, 3.05) is 11.9 Å². The van der Waals surface area contributed by atoms with Gasteiger partial charge in [0.05, 0.1) is 0 Å². The first-order valence-corrected chi connectivity index (χ1v) is 7.46. The Balaban J connectivity index is 2.01. The van der Waals surface area contributed by atoms with Crippen LogP contribution in [0.5, 0.6) is 0 Å². The van der Waals surface area contributed by atoms with E-state index in [0.29, 0.717) is 6.04 Å². The van der Waals surface area contributed by atoms with E-state index < -0.39 is 0 Å². The molecule has 0 aromatic heterocycles. The molecule has 3 heteroatoms. The average Bonchev–Trinajstić information content (AvgIpc) is 2.82. The number of rotatable bonds is 5. The summed E-state index contributed by atoms with van der Waals surface area (Å²) in [4.78, 5) is 2.48. The van der Waals surface area contributed by atoms with Gasteiger partial charge in [-0.05, 0) is 30.5 Å². The number of benzene rings is 1. The van der Waals surface area contributed by atoms with Crippen molar-refractivity contribution in [3.8, 4) is 0 Å². The zero-order chi connectivity index (χ0) is 12.1. The molecule has 1 saturated carbocycles. The fourth-order valence-electron chi connectivity index (χ4n) is 2.64. The van der Waals surface area contributed by atoms with Gasteiger partial charge in [0, 0.05) is 24.5 Å². The van der Waals surface area contributed by atoms with Gasteiger partial charge in [0.2, 0.25) is 0 Å². The van der Waals surface area contributed by atoms with Gasteiger partial charge in [-0.2, -0.15) is 0 Å². The highest BCUT2D eigenvalue weighted by atomic mass is 79.9. The van der Waals surface area contributed by atoms with E-state index in [1.807, 2.05) is 6.07 Å². The van der Waals surface area contributed by atoms with Crippen LogP contribution in [0, 0.1) is 5.82 Å². The van der Waals surface area contributed by atoms with Crippen molar-refractivity contribution in [3.05, 3.63) is 35.6 Å². The molecule has 94 valence electrons. The van der Waals surface area contributed by atoms with Gasteiger partial charge < -0.3 is 0 Å². The molecule has 0 atom stereocenters. The summed E-state index contributed by atoms with van der Waals surface area (Å²) in [6, 6.07) is 7.66. The molecule has 0 saturated heterocycles. The second kappa shape index (κ2) is 6.50. The van der Waals surface area contributed by atoms with Crippen molar-refractivity contribution in [2.45, 2.75) is 38.3 Å². The smallest absolute Gasteiger partial charge is 0.123 e. The monoisotopic (exact) mass is 299 g/mol. The Labute approximate surface area is 111 Å². The third-order valence-corrected chi connectivity index (χ3v) is 3.84. The maximum absolute atomic E-state index is 13.2. The molecule has 0 aliphatic heterocycles. The Bertz CT molecular complexity index is 350. The maximum Gasteiger partial charge on any atom is 0.123 e. The van der Waals surface area contributed by atoms with E-state index in [9.17, 15) is 4.39 Å². The zero-order valence-corrected chi connectivity index (χ0v) is 11.6. The van der Waals surface area contributed by atoms with Gasteiger partial charge in [-0.25, -0.2) is 4.39 Å². The third-order valence-electron chi connectivity index (χ3n) is 3.49. The van der Waals surface area contributed by atoms with Gasteiger partial charge >= 0.3 is 0 Å². The van der Waals surface area contributed by atoms with E-state index >= 15 is 0 Å². The summed E-state index contributed by atoms with van der Waals surface area (Å²) in [6.07, 6.45) is 5.27. The minimum atomic E-state index is -0.132. The second-order valence-corrected chi connectivity index (χ2v) is 5.52. The van der Waals surface area contributed by atoms with E-state index in [0.717, 1.165) is 24.0 Å². The Kier molecular flexibility index (Phi) is 4.99. The molecule has 17 heavy (non-hydrogen) atoms. The van der Waals surface area contributed by atoms with Crippen molar-refractivity contribution >= 4 is 15.9 Å². The first-order chi connectivity index (χ1) is 8.29. The van der Waals surface area contributed by atoms with E-state index in [4.69, 9.17) is 0 Å². The van der Waals surface area contributed by atoms with Gasteiger partial charge in [-0.1, -0.05) is 40.9 Å². The fourth-order valence-corrected chi connectivity index (χ4v) is 3.09. The molecule has 0 heterocycles. The Morgan fingerprint density at radius 2 is 2.06 bits per heavy atom. The lowest BCUT2D eigenvalue weighted by atomic mass is 10.1. The van der Waals surface area contributed by atoms with Crippen LogP contribution in [-0.2, 0) is 6.54 Å². The normalized spacial score (nSPS) is 16.9. The van der Waals surface area contributed by atoms with Crippen LogP contribution in [0.1, 0.15) is 31.2 Å². The van der Waals surface area contributed by atoms with Gasteiger partial charge in [0.1, 0.15) is 5.82 Å². The fraction of sp³-hybridized carbons (Fsp3) is 0.571. The molecule has 1 aromatic carbocycles. The third kappa shape index (κ3) is 3.78. The van der Waals surface area contributed by atoms with Crippen molar-refractivity contribution in [1.82, 2.24) is 4.90 Å². The summed E-state index contributed by atoms with van der Waals surface area (Å²) in [7, 11) is 0. The lowest BCUT2D eigenvalue weighted by Gasteiger charge is -2.28. The molecular weight excluding hydrogens is 281 g/mol. The van der Waals surface area contributed by atoms with E-state index in [2.05, 4.69) is 20.8 Å². The largest absolute Gasteiger partial charge is 0.295 e. The van der Waals surface area contributed by atoms with Crippen LogP contribution in [-0.4, -0.2) is 22.8 Å². The molecule has 0 unspecified atom stereocenters. The van der Waals surface area contributed by atoms with E-state index in [-0.39, 0.29) is 5.82 Å². The highest BCUT2D eigenvalue weighted by Crippen LogP contribution is 2.25. The molecular formula is C14H19BrFN. The Morgan fingerprint density at radius 3 is 2.71 bits per heavy atom. The average molecular weight is 300 g/mol. The van der Waals surface area contributed by atoms with E-state index in [1.54, 1.807) is 12.1 Å². The van der Waals surface area contributed by atoms with Crippen LogP contribution in [0.15, 0.2) is 24.3 Å². The predicted molar refractivity (Wildman–Crippen MR) is 72.9 cm³/mol. The summed E-state index contributed by atoms with van der Waals surface area (Å²) >= 11 is 3.51. The highest BCUT2D eigenvalue weighted by molar-refractivity contribution is 9.09. The topological polar surface area (TPSA) is 3.24 Å². The molecule has 0 radical (unpaired) electrons. The molecule has 2 rings (SSSR count). The molecule has 1 aromatic rings. The van der Waals surface area contributed by atoms with Crippen LogP contribution in [0.25, 0.3) is 0 Å². The van der Waals surface area contributed by atoms with Gasteiger partial charge in [-0.3, -0.25) is 4.90 Å². The van der Waals surface area contributed by atoms with Gasteiger partial charge in [0.15, 0.2) is 0 Å². The Morgan fingerprint density at radius 1 is 1.29 bits per heavy atom. The minimum Gasteiger partial charge on any atom is -0.295 e. The standard InChI is InChI=1S/C14H19BrFN/c15-8-9-17(14-6-1-2-7-14)11-12-4-3-5-13(16)10-12/h3-5,10,14H,1-2,6-9,11H2. The maximum atomic E-state index is 13.2. The summed E-state index contributed by atoms with van der Waals surface area (Å²) in [5.74, 6) is -0.132. The number of alkyl halides is 1. The molecule has 0 amide bonds. The summed E-state index contributed by atoms with van der Waals surface area (Å²) in [5, 5.41) is 0.985. The van der Waals surface area contributed by atoms with Crippen molar-refractivity contribution < 1.29 is 4.39 Å².